The third-order valence-electron chi connectivity index (χ3n) is 4.07. The maximum Gasteiger partial charge on any atom is -0.00438 e. The molecule has 0 saturated heterocycles. The molecule has 1 aliphatic carbocycles. The lowest BCUT2D eigenvalue weighted by molar-refractivity contribution is 0.327. The summed E-state index contributed by atoms with van der Waals surface area (Å²) in [6.07, 6.45) is 6.38. The maximum absolute atomic E-state index is 3.43. The summed E-state index contributed by atoms with van der Waals surface area (Å²) in [6.45, 7) is 9.16. The summed E-state index contributed by atoms with van der Waals surface area (Å²) in [5.41, 5.74) is 5.12. The zero-order valence-electron chi connectivity index (χ0n) is 12.2. The lowest BCUT2D eigenvalue weighted by Gasteiger charge is -2.25. The van der Waals surface area contributed by atoms with Crippen molar-refractivity contribution in [2.75, 3.05) is 13.1 Å². The fourth-order valence-corrected chi connectivity index (χ4v) is 2.98. The van der Waals surface area contributed by atoms with Crippen molar-refractivity contribution in [2.45, 2.75) is 52.9 Å². The first-order valence-corrected chi connectivity index (χ1v) is 7.42. The lowest BCUT2D eigenvalue weighted by Crippen LogP contribution is -2.23. The predicted octanol–water partition coefficient (Wildman–Crippen LogP) is 3.74. The first kappa shape index (κ1) is 13.6. The second kappa shape index (κ2) is 5.88. The molecule has 100 valence electrons. The molecule has 1 nitrogen and oxygen atoms in total. The Balaban J connectivity index is 1.95. The van der Waals surface area contributed by atoms with Gasteiger partial charge >= 0.3 is 0 Å². The molecule has 0 atom stereocenters. The van der Waals surface area contributed by atoms with Crippen molar-refractivity contribution >= 4 is 0 Å². The van der Waals surface area contributed by atoms with Crippen LogP contribution in [0.4, 0.5) is 0 Å². The first-order valence-electron chi connectivity index (χ1n) is 7.42. The van der Waals surface area contributed by atoms with Gasteiger partial charge in [-0.1, -0.05) is 39.0 Å². The third-order valence-corrected chi connectivity index (χ3v) is 4.07. The Morgan fingerprint density at radius 1 is 1.17 bits per heavy atom. The highest BCUT2D eigenvalue weighted by molar-refractivity contribution is 5.35. The normalized spacial score (nSPS) is 14.8. The van der Waals surface area contributed by atoms with Crippen LogP contribution in [-0.2, 0) is 19.3 Å². The van der Waals surface area contributed by atoms with Gasteiger partial charge in [-0.25, -0.2) is 0 Å². The van der Waals surface area contributed by atoms with E-state index in [1.54, 1.807) is 11.1 Å². The molecular weight excluding hydrogens is 218 g/mol. The summed E-state index contributed by atoms with van der Waals surface area (Å²) < 4.78 is 0. The van der Waals surface area contributed by atoms with Gasteiger partial charge in [-0.05, 0) is 67.3 Å². The molecular formula is C17H27N. The second-order valence-electron chi connectivity index (χ2n) is 6.40. The fourth-order valence-electron chi connectivity index (χ4n) is 2.98. The largest absolute Gasteiger partial charge is 0.317 e. The molecule has 0 saturated carbocycles. The number of rotatable bonds is 6. The summed E-state index contributed by atoms with van der Waals surface area (Å²) in [4.78, 5) is 0. The van der Waals surface area contributed by atoms with Crippen molar-refractivity contribution in [3.05, 3.63) is 34.9 Å². The number of nitrogens with one attached hydrogen (secondary N) is 1. The molecule has 0 spiro atoms. The van der Waals surface area contributed by atoms with E-state index in [4.69, 9.17) is 0 Å². The monoisotopic (exact) mass is 245 g/mol. The van der Waals surface area contributed by atoms with Crippen molar-refractivity contribution in [1.29, 1.82) is 0 Å². The molecule has 18 heavy (non-hydrogen) atoms. The molecule has 1 aliphatic rings. The van der Waals surface area contributed by atoms with Gasteiger partial charge < -0.3 is 5.32 Å². The Kier molecular flexibility index (Phi) is 4.45. The minimum Gasteiger partial charge on any atom is -0.317 e. The molecule has 1 aromatic rings. The highest BCUT2D eigenvalue weighted by Gasteiger charge is 2.19. The Morgan fingerprint density at radius 3 is 2.72 bits per heavy atom. The Labute approximate surface area is 112 Å². The first-order chi connectivity index (χ1) is 8.61. The van der Waals surface area contributed by atoms with Crippen molar-refractivity contribution in [3.63, 3.8) is 0 Å². The number of hydrogen-bond donors (Lipinski definition) is 1. The van der Waals surface area contributed by atoms with E-state index in [0.29, 0.717) is 5.41 Å². The van der Waals surface area contributed by atoms with Crippen LogP contribution in [0, 0.1) is 5.41 Å². The van der Waals surface area contributed by atoms with Gasteiger partial charge in [0.25, 0.3) is 0 Å². The molecule has 0 aliphatic heterocycles. The third kappa shape index (κ3) is 3.58. The van der Waals surface area contributed by atoms with Gasteiger partial charge in [0.15, 0.2) is 0 Å². The van der Waals surface area contributed by atoms with E-state index in [2.05, 4.69) is 44.3 Å². The van der Waals surface area contributed by atoms with Crippen LogP contribution in [0.2, 0.25) is 0 Å². The summed E-state index contributed by atoms with van der Waals surface area (Å²) in [6, 6.07) is 7.16. The molecule has 0 aromatic heterocycles. The van der Waals surface area contributed by atoms with Crippen LogP contribution in [0.1, 0.15) is 50.3 Å². The van der Waals surface area contributed by atoms with Crippen molar-refractivity contribution in [3.8, 4) is 0 Å². The van der Waals surface area contributed by atoms with Crippen LogP contribution < -0.4 is 5.32 Å². The minimum atomic E-state index is 0.398. The molecule has 0 fully saturated rings. The predicted molar refractivity (Wildman–Crippen MR) is 79.1 cm³/mol. The van der Waals surface area contributed by atoms with Gasteiger partial charge in [0, 0.05) is 0 Å². The average molecular weight is 245 g/mol. The summed E-state index contributed by atoms with van der Waals surface area (Å²) in [5.74, 6) is 0. The van der Waals surface area contributed by atoms with E-state index in [9.17, 15) is 0 Å². The van der Waals surface area contributed by atoms with E-state index < -0.39 is 0 Å². The van der Waals surface area contributed by atoms with Crippen LogP contribution in [-0.4, -0.2) is 13.1 Å². The molecule has 0 radical (unpaired) electrons. The topological polar surface area (TPSA) is 12.0 Å². The van der Waals surface area contributed by atoms with E-state index >= 15 is 0 Å². The fraction of sp³-hybridized carbons (Fsp3) is 0.647. The van der Waals surface area contributed by atoms with Gasteiger partial charge in [-0.2, -0.15) is 0 Å². The SMILES string of the molecule is CCNCCC(C)(C)Cc1ccc2c(c1)CCC2. The van der Waals surface area contributed by atoms with Gasteiger partial charge in [-0.3, -0.25) is 0 Å². The molecule has 2 rings (SSSR count). The second-order valence-corrected chi connectivity index (χ2v) is 6.40. The van der Waals surface area contributed by atoms with Gasteiger partial charge in [0.05, 0.1) is 0 Å². The molecule has 1 aromatic carbocycles. The molecule has 0 amide bonds. The smallest absolute Gasteiger partial charge is 0.00438 e. The number of fused-ring (bicyclic) bond motifs is 1. The number of hydrogen-bond acceptors (Lipinski definition) is 1. The van der Waals surface area contributed by atoms with Gasteiger partial charge in [0.2, 0.25) is 0 Å². The number of benzene rings is 1. The molecule has 0 unspecified atom stereocenters. The zero-order chi connectivity index (χ0) is 13.0. The highest BCUT2D eigenvalue weighted by Crippen LogP contribution is 2.29. The van der Waals surface area contributed by atoms with Crippen LogP contribution in [0.5, 0.6) is 0 Å². The van der Waals surface area contributed by atoms with E-state index in [0.717, 1.165) is 13.1 Å². The standard InChI is InChI=1S/C17H27N/c1-4-18-11-10-17(2,3)13-14-8-9-15-6-5-7-16(15)12-14/h8-9,12,18H,4-7,10-11,13H2,1-3H3. The van der Waals surface area contributed by atoms with E-state index in [1.807, 2.05) is 0 Å². The Bertz CT molecular complexity index is 393. The van der Waals surface area contributed by atoms with Crippen molar-refractivity contribution in [1.82, 2.24) is 5.32 Å². The molecule has 0 bridgehead atoms. The van der Waals surface area contributed by atoms with Gasteiger partial charge in [-0.15, -0.1) is 0 Å². The van der Waals surface area contributed by atoms with E-state index in [1.165, 1.54) is 37.7 Å². The van der Waals surface area contributed by atoms with Crippen LogP contribution in [0.15, 0.2) is 18.2 Å². The minimum absolute atomic E-state index is 0.398. The average Bonchev–Trinajstić information content (AvgIpc) is 2.75. The van der Waals surface area contributed by atoms with Crippen LogP contribution in [0.3, 0.4) is 0 Å². The highest BCUT2D eigenvalue weighted by atomic mass is 14.8. The van der Waals surface area contributed by atoms with Crippen LogP contribution >= 0.6 is 0 Å². The zero-order valence-corrected chi connectivity index (χ0v) is 12.2. The van der Waals surface area contributed by atoms with Gasteiger partial charge in [0.1, 0.15) is 0 Å². The van der Waals surface area contributed by atoms with Crippen molar-refractivity contribution in [2.24, 2.45) is 5.41 Å². The Hall–Kier alpha value is -0.820. The van der Waals surface area contributed by atoms with Crippen LogP contribution in [0.25, 0.3) is 0 Å². The summed E-state index contributed by atoms with van der Waals surface area (Å²) >= 11 is 0. The van der Waals surface area contributed by atoms with E-state index in [-0.39, 0.29) is 0 Å². The maximum atomic E-state index is 3.43. The lowest BCUT2D eigenvalue weighted by atomic mass is 9.82. The summed E-state index contributed by atoms with van der Waals surface area (Å²) in [7, 11) is 0. The molecule has 0 heterocycles. The molecule has 1 N–H and O–H groups in total. The Morgan fingerprint density at radius 2 is 1.94 bits per heavy atom. The molecule has 1 heteroatoms. The summed E-state index contributed by atoms with van der Waals surface area (Å²) in [5, 5.41) is 3.43. The number of aryl methyl sites for hydroxylation is 2. The quantitative estimate of drug-likeness (QED) is 0.753. The van der Waals surface area contributed by atoms with Crippen molar-refractivity contribution < 1.29 is 0 Å².